The van der Waals surface area contributed by atoms with Crippen LogP contribution >= 0.6 is 12.4 Å². The molecule has 1 heterocycles. The van der Waals surface area contributed by atoms with E-state index < -0.39 is 5.97 Å². The predicted molar refractivity (Wildman–Crippen MR) is 95.3 cm³/mol. The molecule has 0 saturated heterocycles. The van der Waals surface area contributed by atoms with Crippen molar-refractivity contribution in [3.63, 3.8) is 0 Å². The fourth-order valence-electron chi connectivity index (χ4n) is 2.84. The Balaban J connectivity index is 0.00000169. The SMILES string of the molecule is COc1cccc2c1ccc1nc3cccc(C(=O)O)c3nc12.Cl. The van der Waals surface area contributed by atoms with E-state index in [0.29, 0.717) is 16.6 Å². The van der Waals surface area contributed by atoms with Crippen molar-refractivity contribution in [3.8, 4) is 5.75 Å². The molecule has 4 aromatic rings. The molecule has 0 aliphatic carbocycles. The summed E-state index contributed by atoms with van der Waals surface area (Å²) >= 11 is 0. The van der Waals surface area contributed by atoms with Crippen molar-refractivity contribution in [2.75, 3.05) is 7.11 Å². The average molecular weight is 341 g/mol. The topological polar surface area (TPSA) is 72.3 Å². The molecule has 5 nitrogen and oxygen atoms in total. The number of aromatic nitrogens is 2. The summed E-state index contributed by atoms with van der Waals surface area (Å²) in [6, 6.07) is 14.5. The molecule has 0 fully saturated rings. The van der Waals surface area contributed by atoms with Gasteiger partial charge in [-0.1, -0.05) is 18.2 Å². The number of halogens is 1. The van der Waals surface area contributed by atoms with Crippen molar-refractivity contribution in [1.82, 2.24) is 9.97 Å². The smallest absolute Gasteiger partial charge is 0.337 e. The molecule has 0 bridgehead atoms. The second kappa shape index (κ2) is 5.94. The lowest BCUT2D eigenvalue weighted by Gasteiger charge is -2.09. The first-order valence-corrected chi connectivity index (χ1v) is 7.08. The van der Waals surface area contributed by atoms with Crippen molar-refractivity contribution in [2.45, 2.75) is 0 Å². The number of aromatic carboxylic acids is 1. The number of hydrogen-bond donors (Lipinski definition) is 1. The Labute approximate surface area is 143 Å². The van der Waals surface area contributed by atoms with Crippen LogP contribution in [0.1, 0.15) is 10.4 Å². The molecule has 0 atom stereocenters. The third-order valence-electron chi connectivity index (χ3n) is 3.90. The maximum absolute atomic E-state index is 11.4. The Kier molecular flexibility index (Phi) is 3.95. The summed E-state index contributed by atoms with van der Waals surface area (Å²) in [4.78, 5) is 20.6. The second-order valence-corrected chi connectivity index (χ2v) is 5.19. The normalized spacial score (nSPS) is 10.7. The number of hydrogen-bond acceptors (Lipinski definition) is 4. The van der Waals surface area contributed by atoms with Crippen LogP contribution in [0.15, 0.2) is 48.5 Å². The van der Waals surface area contributed by atoms with Crippen LogP contribution in [0.2, 0.25) is 0 Å². The Morgan fingerprint density at radius 1 is 0.917 bits per heavy atom. The van der Waals surface area contributed by atoms with Gasteiger partial charge in [0.15, 0.2) is 0 Å². The summed E-state index contributed by atoms with van der Waals surface area (Å²) in [6.07, 6.45) is 0. The predicted octanol–water partition coefficient (Wildman–Crippen LogP) is 4.06. The molecule has 3 aromatic carbocycles. The Bertz CT molecular complexity index is 1100. The number of rotatable bonds is 2. The lowest BCUT2D eigenvalue weighted by molar-refractivity contribution is 0.0699. The second-order valence-electron chi connectivity index (χ2n) is 5.19. The molecule has 0 radical (unpaired) electrons. The summed E-state index contributed by atoms with van der Waals surface area (Å²) < 4.78 is 5.38. The zero-order chi connectivity index (χ0) is 16.0. The van der Waals surface area contributed by atoms with Crippen LogP contribution in [0.3, 0.4) is 0 Å². The summed E-state index contributed by atoms with van der Waals surface area (Å²) in [5, 5.41) is 11.2. The zero-order valence-corrected chi connectivity index (χ0v) is 13.5. The first-order valence-electron chi connectivity index (χ1n) is 7.08. The first kappa shape index (κ1) is 16.0. The summed E-state index contributed by atoms with van der Waals surface area (Å²) in [6.45, 7) is 0. The van der Waals surface area contributed by atoms with Crippen LogP contribution < -0.4 is 4.74 Å². The quantitative estimate of drug-likeness (QED) is 0.440. The highest BCUT2D eigenvalue weighted by molar-refractivity contribution is 6.10. The minimum atomic E-state index is -1.01. The van der Waals surface area contributed by atoms with Crippen molar-refractivity contribution in [2.24, 2.45) is 0 Å². The van der Waals surface area contributed by atoms with Gasteiger partial charge in [0, 0.05) is 10.8 Å². The molecule has 1 aromatic heterocycles. The molecule has 120 valence electrons. The van der Waals surface area contributed by atoms with E-state index in [4.69, 9.17) is 4.74 Å². The number of nitrogens with zero attached hydrogens (tertiary/aromatic N) is 2. The van der Waals surface area contributed by atoms with E-state index in [1.165, 1.54) is 6.07 Å². The molecule has 0 unspecified atom stereocenters. The van der Waals surface area contributed by atoms with Gasteiger partial charge >= 0.3 is 5.97 Å². The van der Waals surface area contributed by atoms with Gasteiger partial charge in [-0.2, -0.15) is 0 Å². The van der Waals surface area contributed by atoms with Gasteiger partial charge in [0.2, 0.25) is 0 Å². The monoisotopic (exact) mass is 340 g/mol. The number of carbonyl (C=O) groups is 1. The van der Waals surface area contributed by atoms with Gasteiger partial charge in [-0.3, -0.25) is 0 Å². The molecule has 0 amide bonds. The molecule has 6 heteroatoms. The Morgan fingerprint density at radius 2 is 1.67 bits per heavy atom. The number of fused-ring (bicyclic) bond motifs is 4. The maximum atomic E-state index is 11.4. The third kappa shape index (κ3) is 2.30. The lowest BCUT2D eigenvalue weighted by atomic mass is 10.1. The van der Waals surface area contributed by atoms with E-state index in [2.05, 4.69) is 9.97 Å². The average Bonchev–Trinajstić information content (AvgIpc) is 2.58. The number of ether oxygens (including phenoxy) is 1. The van der Waals surface area contributed by atoms with Crippen LogP contribution in [0, 0.1) is 0 Å². The van der Waals surface area contributed by atoms with Crippen LogP contribution in [0.4, 0.5) is 0 Å². The number of methoxy groups -OCH3 is 1. The van der Waals surface area contributed by atoms with E-state index in [-0.39, 0.29) is 18.0 Å². The van der Waals surface area contributed by atoms with E-state index >= 15 is 0 Å². The summed E-state index contributed by atoms with van der Waals surface area (Å²) in [7, 11) is 1.62. The van der Waals surface area contributed by atoms with Crippen molar-refractivity contribution >= 4 is 51.2 Å². The lowest BCUT2D eigenvalue weighted by Crippen LogP contribution is -2.00. The fraction of sp³-hybridized carbons (Fsp3) is 0.0556. The third-order valence-corrected chi connectivity index (χ3v) is 3.90. The van der Waals surface area contributed by atoms with Crippen molar-refractivity contribution in [3.05, 3.63) is 54.1 Å². The summed E-state index contributed by atoms with van der Waals surface area (Å²) in [5.74, 6) is -0.264. The maximum Gasteiger partial charge on any atom is 0.337 e. The van der Waals surface area contributed by atoms with Crippen LogP contribution in [-0.2, 0) is 0 Å². The van der Waals surface area contributed by atoms with Crippen LogP contribution in [0.25, 0.3) is 32.8 Å². The number of benzene rings is 3. The number of para-hydroxylation sites is 1. The molecule has 0 spiro atoms. The highest BCUT2D eigenvalue weighted by Crippen LogP contribution is 2.31. The van der Waals surface area contributed by atoms with Gasteiger partial charge in [0.1, 0.15) is 11.3 Å². The molecule has 1 N–H and O–H groups in total. The van der Waals surface area contributed by atoms with Gasteiger partial charge in [-0.25, -0.2) is 14.8 Å². The van der Waals surface area contributed by atoms with Gasteiger partial charge in [-0.15, -0.1) is 12.4 Å². The van der Waals surface area contributed by atoms with E-state index in [0.717, 1.165) is 22.0 Å². The van der Waals surface area contributed by atoms with Gasteiger partial charge in [-0.05, 0) is 30.3 Å². The van der Waals surface area contributed by atoms with Crippen molar-refractivity contribution < 1.29 is 14.6 Å². The molecule has 24 heavy (non-hydrogen) atoms. The van der Waals surface area contributed by atoms with Crippen LogP contribution in [0.5, 0.6) is 5.75 Å². The Hall–Kier alpha value is -2.92. The van der Waals surface area contributed by atoms with Crippen molar-refractivity contribution in [1.29, 1.82) is 0 Å². The van der Waals surface area contributed by atoms with Gasteiger partial charge in [0.25, 0.3) is 0 Å². The van der Waals surface area contributed by atoms with Gasteiger partial charge < -0.3 is 9.84 Å². The number of carboxylic acids is 1. The largest absolute Gasteiger partial charge is 0.496 e. The molecule has 0 aliphatic rings. The molecule has 4 rings (SSSR count). The fourth-order valence-corrected chi connectivity index (χ4v) is 2.84. The first-order chi connectivity index (χ1) is 11.2. The minimum absolute atomic E-state index is 0. The van der Waals surface area contributed by atoms with E-state index in [1.807, 2.05) is 30.3 Å². The van der Waals surface area contributed by atoms with E-state index in [1.54, 1.807) is 19.2 Å². The highest BCUT2D eigenvalue weighted by Gasteiger charge is 2.13. The molecule has 0 aliphatic heterocycles. The molecule has 0 saturated carbocycles. The minimum Gasteiger partial charge on any atom is -0.496 e. The van der Waals surface area contributed by atoms with Crippen LogP contribution in [-0.4, -0.2) is 28.2 Å². The molecular weight excluding hydrogens is 328 g/mol. The standard InChI is InChI=1S/C18H12N2O3.ClH/c1-23-15-7-3-4-11-10(15)8-9-14-16(11)20-17-12(18(21)22)5-2-6-13(17)19-14;/h2-9H,1H3,(H,21,22);1H. The number of carboxylic acid groups (broad SMARTS) is 1. The van der Waals surface area contributed by atoms with E-state index in [9.17, 15) is 9.90 Å². The molecular formula is C18H13ClN2O3. The summed E-state index contributed by atoms with van der Waals surface area (Å²) in [5.41, 5.74) is 2.50. The zero-order valence-electron chi connectivity index (χ0n) is 12.7. The highest BCUT2D eigenvalue weighted by atomic mass is 35.5. The Morgan fingerprint density at radius 3 is 2.42 bits per heavy atom. The van der Waals surface area contributed by atoms with Gasteiger partial charge in [0.05, 0.1) is 29.2 Å².